The molecule has 0 atom stereocenters. The predicted octanol–water partition coefficient (Wildman–Crippen LogP) is -5.09. The number of hydrogen-bond acceptors (Lipinski definition) is 3. The molecular formula is C6H6Li2O3. The van der Waals surface area contributed by atoms with Crippen LogP contribution in [0.1, 0.15) is 0 Å². The molecule has 3 nitrogen and oxygen atoms in total. The fourth-order valence-corrected chi connectivity index (χ4v) is 0.480. The molecule has 0 aliphatic heterocycles. The van der Waals surface area contributed by atoms with Gasteiger partial charge in [-0.25, -0.2) is 0 Å². The Bertz CT molecular complexity index is 169. The second kappa shape index (κ2) is 6.76. The molecule has 1 heterocycles. The van der Waals surface area contributed by atoms with E-state index in [9.17, 15) is 0 Å². The molecule has 11 heavy (non-hydrogen) atoms. The summed E-state index contributed by atoms with van der Waals surface area (Å²) in [5.41, 5.74) is 0. The number of ether oxygens (including phenoxy) is 2. The minimum atomic E-state index is 0. The average Bonchev–Trinajstić information content (AvgIpc) is 2.33. The maximum absolute atomic E-state index is 4.77. The third-order valence-corrected chi connectivity index (χ3v) is 0.902. The third kappa shape index (κ3) is 3.32. The summed E-state index contributed by atoms with van der Waals surface area (Å²) in [5, 5.41) is 0. The first-order valence-electron chi connectivity index (χ1n) is 2.38. The molecule has 0 amide bonds. The second-order valence-corrected chi connectivity index (χ2v) is 1.37. The smallest absolute Gasteiger partial charge is 0.739 e. The summed E-state index contributed by atoms with van der Waals surface area (Å²) >= 11 is 0. The van der Waals surface area contributed by atoms with Crippen LogP contribution in [0, 0.1) is 12.5 Å². The van der Waals surface area contributed by atoms with Gasteiger partial charge in [-0.3, -0.25) is 6.26 Å². The normalized spacial score (nSPS) is 7.45. The van der Waals surface area contributed by atoms with Gasteiger partial charge in [0.25, 0.3) is 0 Å². The summed E-state index contributed by atoms with van der Waals surface area (Å²) in [7, 11) is 3.02. The van der Waals surface area contributed by atoms with Crippen molar-refractivity contribution < 1.29 is 51.6 Å². The van der Waals surface area contributed by atoms with Crippen LogP contribution in [0.4, 0.5) is 0 Å². The Balaban J connectivity index is 0. The SMILES string of the molecule is COc1[c-]o[c-]c1OC.[Li+].[Li+]. The van der Waals surface area contributed by atoms with Gasteiger partial charge >= 0.3 is 37.7 Å². The first kappa shape index (κ1) is 13.7. The van der Waals surface area contributed by atoms with Gasteiger partial charge in [0, 0.05) is 7.11 Å². The number of hydrogen-bond donors (Lipinski definition) is 0. The molecule has 0 spiro atoms. The van der Waals surface area contributed by atoms with E-state index < -0.39 is 0 Å². The Morgan fingerprint density at radius 3 is 1.64 bits per heavy atom. The molecule has 0 saturated carbocycles. The summed E-state index contributed by atoms with van der Waals surface area (Å²) in [4.78, 5) is 0. The molecule has 0 aromatic carbocycles. The van der Waals surface area contributed by atoms with E-state index in [0.717, 1.165) is 0 Å². The Hall–Kier alpha value is 0.0748. The predicted molar refractivity (Wildman–Crippen MR) is 29.5 cm³/mol. The first-order chi connectivity index (χ1) is 4.38. The van der Waals surface area contributed by atoms with Crippen molar-refractivity contribution in [3.63, 3.8) is 0 Å². The number of furan rings is 1. The van der Waals surface area contributed by atoms with Crippen LogP contribution in [-0.4, -0.2) is 14.2 Å². The van der Waals surface area contributed by atoms with Gasteiger partial charge in [-0.2, -0.15) is 0 Å². The minimum Gasteiger partial charge on any atom is -0.739 e. The van der Waals surface area contributed by atoms with Gasteiger partial charge in [-0.15, -0.1) is 12.0 Å². The fraction of sp³-hybridized carbons (Fsp3) is 0.333. The van der Waals surface area contributed by atoms with Crippen molar-refractivity contribution >= 4 is 0 Å². The fourth-order valence-electron chi connectivity index (χ4n) is 0.480. The van der Waals surface area contributed by atoms with Gasteiger partial charge in [-0.1, -0.05) is 5.75 Å². The summed E-state index contributed by atoms with van der Waals surface area (Å²) < 4.78 is 14.1. The van der Waals surface area contributed by atoms with Crippen LogP contribution in [0.3, 0.4) is 0 Å². The van der Waals surface area contributed by atoms with Crippen LogP contribution in [0.15, 0.2) is 4.42 Å². The van der Waals surface area contributed by atoms with Crippen molar-refractivity contribution in [1.82, 2.24) is 0 Å². The van der Waals surface area contributed by atoms with E-state index in [2.05, 4.69) is 16.9 Å². The summed E-state index contributed by atoms with van der Waals surface area (Å²) in [5.74, 6) is 0.884. The molecule has 1 aromatic heterocycles. The van der Waals surface area contributed by atoms with E-state index in [4.69, 9.17) is 9.47 Å². The summed E-state index contributed by atoms with van der Waals surface area (Å²) in [6.07, 6.45) is 4.86. The third-order valence-electron chi connectivity index (χ3n) is 0.902. The van der Waals surface area contributed by atoms with Crippen molar-refractivity contribution in [2.24, 2.45) is 0 Å². The molecule has 1 aromatic rings. The van der Waals surface area contributed by atoms with Crippen LogP contribution >= 0.6 is 0 Å². The Morgan fingerprint density at radius 2 is 1.36 bits per heavy atom. The molecule has 0 N–H and O–H groups in total. The molecular weight excluding hydrogens is 134 g/mol. The van der Waals surface area contributed by atoms with E-state index in [1.165, 1.54) is 14.2 Å². The molecule has 0 unspecified atom stereocenters. The molecule has 1 rings (SSSR count). The second-order valence-electron chi connectivity index (χ2n) is 1.37. The minimum absolute atomic E-state index is 0. The van der Waals surface area contributed by atoms with Crippen LogP contribution in [0.2, 0.25) is 0 Å². The van der Waals surface area contributed by atoms with Crippen molar-refractivity contribution in [1.29, 1.82) is 0 Å². The van der Waals surface area contributed by atoms with Crippen molar-refractivity contribution in [2.75, 3.05) is 14.2 Å². The van der Waals surface area contributed by atoms with E-state index >= 15 is 0 Å². The molecule has 5 heteroatoms. The van der Waals surface area contributed by atoms with Crippen molar-refractivity contribution in [3.8, 4) is 11.5 Å². The topological polar surface area (TPSA) is 31.6 Å². The zero-order valence-corrected chi connectivity index (χ0v) is 7.22. The quantitative estimate of drug-likeness (QED) is 0.304. The summed E-state index contributed by atoms with van der Waals surface area (Å²) in [6, 6.07) is 0. The Labute approximate surface area is 89.8 Å². The van der Waals surface area contributed by atoms with Crippen LogP contribution < -0.4 is 47.2 Å². The Kier molecular flexibility index (Phi) is 8.39. The van der Waals surface area contributed by atoms with Gasteiger partial charge in [0.2, 0.25) is 0 Å². The van der Waals surface area contributed by atoms with Crippen molar-refractivity contribution in [3.05, 3.63) is 12.5 Å². The van der Waals surface area contributed by atoms with Gasteiger partial charge in [0.05, 0.1) is 7.11 Å². The molecule has 50 valence electrons. The van der Waals surface area contributed by atoms with Gasteiger partial charge in [0.1, 0.15) is 0 Å². The number of methoxy groups -OCH3 is 2. The van der Waals surface area contributed by atoms with E-state index in [-0.39, 0.29) is 37.7 Å². The standard InChI is InChI=1S/C6H6O3.2Li/c1-7-5-3-9-4-6(5)8-2;;/h1-2H3;;/q-2;2*+1. The molecule has 0 radical (unpaired) electrons. The monoisotopic (exact) mass is 140 g/mol. The first-order valence-corrected chi connectivity index (χ1v) is 2.38. The molecule has 0 aliphatic rings. The van der Waals surface area contributed by atoms with Crippen molar-refractivity contribution in [2.45, 2.75) is 0 Å². The van der Waals surface area contributed by atoms with Crippen LogP contribution in [-0.2, 0) is 0 Å². The Morgan fingerprint density at radius 1 is 1.00 bits per heavy atom. The van der Waals surface area contributed by atoms with E-state index in [0.29, 0.717) is 11.5 Å². The van der Waals surface area contributed by atoms with Gasteiger partial charge in [-0.05, 0) is 0 Å². The summed E-state index contributed by atoms with van der Waals surface area (Å²) in [6.45, 7) is 0. The van der Waals surface area contributed by atoms with E-state index in [1.54, 1.807) is 0 Å². The van der Waals surface area contributed by atoms with Gasteiger partial charge < -0.3 is 13.9 Å². The molecule has 0 fully saturated rings. The zero-order chi connectivity index (χ0) is 6.69. The van der Waals surface area contributed by atoms with Gasteiger partial charge in [0.15, 0.2) is 0 Å². The average molecular weight is 140 g/mol. The maximum atomic E-state index is 4.77. The molecule has 0 bridgehead atoms. The van der Waals surface area contributed by atoms with Crippen LogP contribution in [0.25, 0.3) is 0 Å². The van der Waals surface area contributed by atoms with E-state index in [1.807, 2.05) is 0 Å². The zero-order valence-electron chi connectivity index (χ0n) is 7.22. The van der Waals surface area contributed by atoms with Crippen LogP contribution in [0.5, 0.6) is 11.5 Å². The molecule has 0 aliphatic carbocycles. The molecule has 0 saturated heterocycles. The largest absolute Gasteiger partial charge is 1.00 e. The number of rotatable bonds is 2. The maximum Gasteiger partial charge on any atom is 1.00 e.